The maximum absolute atomic E-state index is 11.6. The summed E-state index contributed by atoms with van der Waals surface area (Å²) in [5.41, 5.74) is 6.93. The number of aryl methyl sites for hydroxylation is 1. The number of ether oxygens (including phenoxy) is 1. The van der Waals surface area contributed by atoms with Crippen molar-refractivity contribution in [1.29, 1.82) is 0 Å². The van der Waals surface area contributed by atoms with Crippen LogP contribution in [-0.4, -0.2) is 42.4 Å². The van der Waals surface area contributed by atoms with Gasteiger partial charge < -0.3 is 10.5 Å². The summed E-state index contributed by atoms with van der Waals surface area (Å²) in [7, 11) is -2.92. The molecule has 2 N–H and O–H groups in total. The molecule has 0 saturated carbocycles. The molecule has 2 saturated heterocycles. The van der Waals surface area contributed by atoms with Gasteiger partial charge in [-0.3, -0.25) is 0 Å². The third-order valence-corrected chi connectivity index (χ3v) is 6.12. The molecule has 2 aliphatic heterocycles. The van der Waals surface area contributed by atoms with Crippen molar-refractivity contribution in [1.82, 2.24) is 9.78 Å². The van der Waals surface area contributed by atoms with Crippen LogP contribution in [0.5, 0.6) is 0 Å². The van der Waals surface area contributed by atoms with Crippen LogP contribution in [0.25, 0.3) is 0 Å². The summed E-state index contributed by atoms with van der Waals surface area (Å²) >= 11 is 0. The van der Waals surface area contributed by atoms with Gasteiger partial charge in [-0.05, 0) is 38.5 Å². The van der Waals surface area contributed by atoms with Gasteiger partial charge in [-0.25, -0.2) is 13.1 Å². The lowest BCUT2D eigenvalue weighted by atomic mass is 10.0. The molecule has 0 radical (unpaired) electrons. The minimum Gasteiger partial charge on any atom is -0.384 e. The third kappa shape index (κ3) is 3.58. The van der Waals surface area contributed by atoms with E-state index < -0.39 is 9.84 Å². The quantitative estimate of drug-likeness (QED) is 0.906. The topological polar surface area (TPSA) is 87.2 Å². The molecule has 0 bridgehead atoms. The van der Waals surface area contributed by atoms with E-state index in [1.165, 1.54) is 6.42 Å². The van der Waals surface area contributed by atoms with E-state index in [0.717, 1.165) is 38.0 Å². The summed E-state index contributed by atoms with van der Waals surface area (Å²) in [5.74, 6) is 0.961. The Kier molecular flexibility index (Phi) is 4.21. The first-order valence-corrected chi connectivity index (χ1v) is 9.51. The van der Waals surface area contributed by atoms with Gasteiger partial charge in [-0.15, -0.1) is 0 Å². The van der Waals surface area contributed by atoms with Gasteiger partial charge in [0.25, 0.3) is 0 Å². The molecule has 118 valence electrons. The van der Waals surface area contributed by atoms with Gasteiger partial charge in [0.1, 0.15) is 5.82 Å². The number of hydrogen-bond donors (Lipinski definition) is 1. The molecular weight excluding hydrogens is 290 g/mol. The Morgan fingerprint density at radius 1 is 1.38 bits per heavy atom. The molecule has 21 heavy (non-hydrogen) atoms. The molecule has 2 atom stereocenters. The van der Waals surface area contributed by atoms with E-state index >= 15 is 0 Å². The van der Waals surface area contributed by atoms with Crippen LogP contribution in [0.4, 0.5) is 5.82 Å². The van der Waals surface area contributed by atoms with Gasteiger partial charge in [0.15, 0.2) is 9.84 Å². The van der Waals surface area contributed by atoms with Crippen molar-refractivity contribution in [2.45, 2.75) is 50.7 Å². The maximum atomic E-state index is 11.6. The molecule has 1 aromatic heterocycles. The van der Waals surface area contributed by atoms with E-state index in [4.69, 9.17) is 10.5 Å². The third-order valence-electron chi connectivity index (χ3n) is 4.37. The molecule has 0 spiro atoms. The molecule has 2 unspecified atom stereocenters. The van der Waals surface area contributed by atoms with Crippen LogP contribution >= 0.6 is 0 Å². The predicted molar refractivity (Wildman–Crippen MR) is 80.9 cm³/mol. The van der Waals surface area contributed by atoms with Crippen molar-refractivity contribution in [3.63, 3.8) is 0 Å². The first-order chi connectivity index (χ1) is 10.0. The zero-order chi connectivity index (χ0) is 14.9. The minimum atomic E-state index is -2.92. The molecule has 6 nitrogen and oxygen atoms in total. The number of nitrogens with two attached hydrogens (primary N) is 1. The molecule has 0 aromatic carbocycles. The molecule has 1 aromatic rings. The Morgan fingerprint density at radius 3 is 2.90 bits per heavy atom. The van der Waals surface area contributed by atoms with Crippen LogP contribution in [0.1, 0.15) is 43.8 Å². The van der Waals surface area contributed by atoms with Crippen LogP contribution < -0.4 is 5.73 Å². The normalized spacial score (nSPS) is 28.8. The second-order valence-corrected chi connectivity index (χ2v) is 8.32. The van der Waals surface area contributed by atoms with Gasteiger partial charge >= 0.3 is 0 Å². The average molecular weight is 313 g/mol. The first kappa shape index (κ1) is 14.8. The highest BCUT2D eigenvalue weighted by molar-refractivity contribution is 7.91. The highest BCUT2D eigenvalue weighted by Gasteiger charge is 2.31. The SMILES string of the molecule is Nc1cc(CCC2CCCCO2)nn1C1CCS(=O)(=O)C1. The Bertz CT molecular complexity index is 591. The Balaban J connectivity index is 1.61. The highest BCUT2D eigenvalue weighted by Crippen LogP contribution is 2.26. The Morgan fingerprint density at radius 2 is 2.24 bits per heavy atom. The number of nitrogens with zero attached hydrogens (tertiary/aromatic N) is 2. The molecular formula is C14H23N3O3S. The van der Waals surface area contributed by atoms with Crippen molar-refractivity contribution in [2.24, 2.45) is 0 Å². The maximum Gasteiger partial charge on any atom is 0.152 e. The lowest BCUT2D eigenvalue weighted by Gasteiger charge is -2.21. The van der Waals surface area contributed by atoms with Crippen LogP contribution in [0, 0.1) is 0 Å². The van der Waals surface area contributed by atoms with Gasteiger partial charge in [-0.1, -0.05) is 0 Å². The lowest BCUT2D eigenvalue weighted by Crippen LogP contribution is -2.19. The number of hydrogen-bond acceptors (Lipinski definition) is 5. The Labute approximate surface area is 125 Å². The van der Waals surface area contributed by atoms with Crippen molar-refractivity contribution in [3.05, 3.63) is 11.8 Å². The molecule has 0 amide bonds. The van der Waals surface area contributed by atoms with Gasteiger partial charge in [0.05, 0.1) is 29.3 Å². The van der Waals surface area contributed by atoms with Crippen LogP contribution in [0.15, 0.2) is 6.07 Å². The monoisotopic (exact) mass is 313 g/mol. The Hall–Kier alpha value is -1.08. The van der Waals surface area contributed by atoms with Crippen molar-refractivity contribution in [3.8, 4) is 0 Å². The highest BCUT2D eigenvalue weighted by atomic mass is 32.2. The second-order valence-electron chi connectivity index (χ2n) is 6.09. The van der Waals surface area contributed by atoms with E-state index in [1.54, 1.807) is 4.68 Å². The average Bonchev–Trinajstić information content (AvgIpc) is 3.00. The standard InChI is InChI=1S/C14H23N3O3S/c15-14-9-11(4-5-13-3-1-2-7-20-13)16-17(14)12-6-8-21(18,19)10-12/h9,12-13H,1-8,10,15H2. The number of sulfone groups is 1. The summed E-state index contributed by atoms with van der Waals surface area (Å²) in [6.07, 6.45) is 6.25. The first-order valence-electron chi connectivity index (χ1n) is 7.69. The van der Waals surface area contributed by atoms with Crippen LogP contribution in [0.2, 0.25) is 0 Å². The summed E-state index contributed by atoms with van der Waals surface area (Å²) in [4.78, 5) is 0. The summed E-state index contributed by atoms with van der Waals surface area (Å²) in [6, 6.07) is 1.77. The van der Waals surface area contributed by atoms with E-state index in [1.807, 2.05) is 6.07 Å². The molecule has 2 aliphatic rings. The number of aromatic nitrogens is 2. The molecule has 3 heterocycles. The fourth-order valence-electron chi connectivity index (χ4n) is 3.19. The smallest absolute Gasteiger partial charge is 0.152 e. The summed E-state index contributed by atoms with van der Waals surface area (Å²) in [5, 5.41) is 4.51. The number of anilines is 1. The van der Waals surface area contributed by atoms with Gasteiger partial charge in [-0.2, -0.15) is 5.10 Å². The molecule has 7 heteroatoms. The number of nitrogen functional groups attached to an aromatic ring is 1. The van der Waals surface area contributed by atoms with Crippen molar-refractivity contribution < 1.29 is 13.2 Å². The minimum absolute atomic E-state index is 0.102. The van der Waals surface area contributed by atoms with Gasteiger partial charge in [0, 0.05) is 12.7 Å². The zero-order valence-corrected chi connectivity index (χ0v) is 13.0. The van der Waals surface area contributed by atoms with Crippen molar-refractivity contribution >= 4 is 15.7 Å². The van der Waals surface area contributed by atoms with Crippen LogP contribution in [0.3, 0.4) is 0 Å². The van der Waals surface area contributed by atoms with E-state index in [2.05, 4.69) is 5.10 Å². The fourth-order valence-corrected chi connectivity index (χ4v) is 4.88. The van der Waals surface area contributed by atoms with E-state index in [0.29, 0.717) is 18.3 Å². The second kappa shape index (κ2) is 5.96. The number of rotatable bonds is 4. The largest absolute Gasteiger partial charge is 0.384 e. The zero-order valence-electron chi connectivity index (χ0n) is 12.2. The van der Waals surface area contributed by atoms with E-state index in [9.17, 15) is 8.42 Å². The van der Waals surface area contributed by atoms with E-state index in [-0.39, 0.29) is 17.5 Å². The summed E-state index contributed by atoms with van der Waals surface area (Å²) in [6.45, 7) is 0.862. The predicted octanol–water partition coefficient (Wildman–Crippen LogP) is 1.33. The fraction of sp³-hybridized carbons (Fsp3) is 0.786. The lowest BCUT2D eigenvalue weighted by molar-refractivity contribution is 0.0113. The molecule has 2 fully saturated rings. The van der Waals surface area contributed by atoms with Gasteiger partial charge in [0.2, 0.25) is 0 Å². The molecule has 3 rings (SSSR count). The molecule has 0 aliphatic carbocycles. The van der Waals surface area contributed by atoms with Crippen LogP contribution in [-0.2, 0) is 21.0 Å². The van der Waals surface area contributed by atoms with Crippen molar-refractivity contribution in [2.75, 3.05) is 23.8 Å². The summed E-state index contributed by atoms with van der Waals surface area (Å²) < 4.78 is 30.5.